The number of nitrogens with zero attached hydrogens (tertiary/aromatic N) is 4. The smallest absolute Gasteiger partial charge is 0.272 e. The van der Waals surface area contributed by atoms with Crippen LogP contribution in [0, 0.1) is 12.3 Å². The van der Waals surface area contributed by atoms with Gasteiger partial charge in [0.05, 0.1) is 5.69 Å². The van der Waals surface area contributed by atoms with Gasteiger partial charge in [-0.15, -0.1) is 0 Å². The first-order chi connectivity index (χ1) is 11.0. The van der Waals surface area contributed by atoms with E-state index in [1.807, 2.05) is 40.6 Å². The SMILES string of the molecule is Cc1nc2ccccn2c1C(=O)N1CC2(CCN(C(C)C)C2)C1. The molecule has 2 aromatic rings. The van der Waals surface area contributed by atoms with Crippen LogP contribution in [-0.4, -0.2) is 57.3 Å². The fourth-order valence-electron chi connectivity index (χ4n) is 4.10. The molecule has 23 heavy (non-hydrogen) atoms. The monoisotopic (exact) mass is 312 g/mol. The molecule has 4 rings (SSSR count). The summed E-state index contributed by atoms with van der Waals surface area (Å²) in [4.78, 5) is 22.0. The van der Waals surface area contributed by atoms with Crippen molar-refractivity contribution in [3.63, 3.8) is 0 Å². The molecular formula is C18H24N4O. The number of rotatable bonds is 2. The van der Waals surface area contributed by atoms with Gasteiger partial charge in [-0.1, -0.05) is 6.07 Å². The van der Waals surface area contributed by atoms with Crippen LogP contribution in [0.5, 0.6) is 0 Å². The molecule has 0 saturated carbocycles. The van der Waals surface area contributed by atoms with Crippen molar-refractivity contribution in [3.05, 3.63) is 35.8 Å². The minimum atomic E-state index is 0.120. The predicted molar refractivity (Wildman–Crippen MR) is 89.6 cm³/mol. The Kier molecular flexibility index (Phi) is 3.23. The topological polar surface area (TPSA) is 40.9 Å². The van der Waals surface area contributed by atoms with Gasteiger partial charge in [0.2, 0.25) is 0 Å². The van der Waals surface area contributed by atoms with E-state index in [-0.39, 0.29) is 5.91 Å². The molecule has 0 unspecified atom stereocenters. The van der Waals surface area contributed by atoms with Gasteiger partial charge in [0, 0.05) is 37.3 Å². The van der Waals surface area contributed by atoms with E-state index in [1.165, 1.54) is 6.42 Å². The largest absolute Gasteiger partial charge is 0.336 e. The normalized spacial score (nSPS) is 20.6. The molecule has 2 aliphatic heterocycles. The van der Waals surface area contributed by atoms with E-state index >= 15 is 0 Å². The number of carbonyl (C=O) groups excluding carboxylic acids is 1. The van der Waals surface area contributed by atoms with Crippen molar-refractivity contribution in [3.8, 4) is 0 Å². The number of imidazole rings is 1. The first kappa shape index (κ1) is 14.7. The van der Waals surface area contributed by atoms with E-state index in [0.29, 0.717) is 17.2 Å². The maximum absolute atomic E-state index is 12.9. The van der Waals surface area contributed by atoms with E-state index in [4.69, 9.17) is 0 Å². The standard InChI is InChI=1S/C18H24N4O/c1-13(2)20-9-7-18(10-20)11-21(12-18)17(23)16-14(3)19-15-6-4-5-8-22(15)16/h4-6,8,13H,7,9-12H2,1-3H3. The van der Waals surface area contributed by atoms with Gasteiger partial charge in [-0.25, -0.2) is 4.98 Å². The molecule has 122 valence electrons. The summed E-state index contributed by atoms with van der Waals surface area (Å²) in [6.45, 7) is 10.5. The second-order valence-corrected chi connectivity index (χ2v) is 7.45. The van der Waals surface area contributed by atoms with Crippen LogP contribution in [0.25, 0.3) is 5.65 Å². The lowest BCUT2D eigenvalue weighted by atomic mass is 9.79. The highest BCUT2D eigenvalue weighted by Gasteiger charge is 2.50. The van der Waals surface area contributed by atoms with Crippen LogP contribution in [0.1, 0.15) is 36.5 Å². The maximum atomic E-state index is 12.9. The van der Waals surface area contributed by atoms with Crippen molar-refractivity contribution < 1.29 is 4.79 Å². The average molecular weight is 312 g/mol. The lowest BCUT2D eigenvalue weighted by molar-refractivity contribution is 0.00873. The number of aryl methyl sites for hydroxylation is 1. The highest BCUT2D eigenvalue weighted by molar-refractivity contribution is 5.95. The van der Waals surface area contributed by atoms with E-state index in [9.17, 15) is 4.79 Å². The lowest BCUT2D eigenvalue weighted by Crippen LogP contribution is -2.59. The summed E-state index contributed by atoms with van der Waals surface area (Å²) in [6, 6.07) is 6.44. The van der Waals surface area contributed by atoms with Crippen molar-refractivity contribution in [1.82, 2.24) is 19.2 Å². The molecular weight excluding hydrogens is 288 g/mol. The third-order valence-corrected chi connectivity index (χ3v) is 5.44. The Hall–Kier alpha value is -1.88. The van der Waals surface area contributed by atoms with Gasteiger partial charge in [-0.05, 0) is 45.9 Å². The zero-order chi connectivity index (χ0) is 16.2. The molecule has 1 amide bonds. The first-order valence-electron chi connectivity index (χ1n) is 8.46. The average Bonchev–Trinajstić information content (AvgIpc) is 3.05. The molecule has 0 N–H and O–H groups in total. The number of likely N-dealkylation sites (tertiary alicyclic amines) is 2. The van der Waals surface area contributed by atoms with Crippen molar-refractivity contribution in [2.75, 3.05) is 26.2 Å². The molecule has 2 aromatic heterocycles. The van der Waals surface area contributed by atoms with E-state index in [1.54, 1.807) is 0 Å². The van der Waals surface area contributed by atoms with Crippen LogP contribution in [0.15, 0.2) is 24.4 Å². The number of aromatic nitrogens is 2. The molecule has 0 aromatic carbocycles. The van der Waals surface area contributed by atoms with E-state index in [2.05, 4.69) is 23.7 Å². The highest BCUT2D eigenvalue weighted by Crippen LogP contribution is 2.40. The molecule has 0 atom stereocenters. The minimum absolute atomic E-state index is 0.120. The molecule has 2 saturated heterocycles. The Morgan fingerprint density at radius 3 is 2.74 bits per heavy atom. The lowest BCUT2D eigenvalue weighted by Gasteiger charge is -2.48. The first-order valence-corrected chi connectivity index (χ1v) is 8.46. The Morgan fingerprint density at radius 2 is 2.04 bits per heavy atom. The number of pyridine rings is 1. The third-order valence-electron chi connectivity index (χ3n) is 5.44. The molecule has 1 spiro atoms. The molecule has 0 aliphatic carbocycles. The summed E-state index contributed by atoms with van der Waals surface area (Å²) in [6.07, 6.45) is 3.13. The molecule has 2 fully saturated rings. The molecule has 0 bridgehead atoms. The Labute approximate surface area is 136 Å². The minimum Gasteiger partial charge on any atom is -0.336 e. The molecule has 4 heterocycles. The molecule has 5 nitrogen and oxygen atoms in total. The van der Waals surface area contributed by atoms with Crippen LogP contribution < -0.4 is 0 Å². The highest BCUT2D eigenvalue weighted by atomic mass is 16.2. The Morgan fingerprint density at radius 1 is 1.26 bits per heavy atom. The number of carbonyl (C=O) groups is 1. The fraction of sp³-hybridized carbons (Fsp3) is 0.556. The van der Waals surface area contributed by atoms with Gasteiger partial charge < -0.3 is 9.80 Å². The Balaban J connectivity index is 1.52. The maximum Gasteiger partial charge on any atom is 0.272 e. The molecule has 2 aliphatic rings. The quantitative estimate of drug-likeness (QED) is 0.853. The van der Waals surface area contributed by atoms with Crippen LogP contribution in [0.2, 0.25) is 0 Å². The number of hydrogen-bond acceptors (Lipinski definition) is 3. The van der Waals surface area contributed by atoms with E-state index < -0.39 is 0 Å². The zero-order valence-electron chi connectivity index (χ0n) is 14.1. The van der Waals surface area contributed by atoms with Crippen molar-refractivity contribution in [2.24, 2.45) is 5.41 Å². The second kappa shape index (κ2) is 5.06. The van der Waals surface area contributed by atoms with Crippen LogP contribution in [0.4, 0.5) is 0 Å². The summed E-state index contributed by atoms with van der Waals surface area (Å²) in [5.74, 6) is 0.120. The summed E-state index contributed by atoms with van der Waals surface area (Å²) in [5.41, 5.74) is 2.70. The van der Waals surface area contributed by atoms with Crippen molar-refractivity contribution in [2.45, 2.75) is 33.2 Å². The van der Waals surface area contributed by atoms with Gasteiger partial charge in [0.1, 0.15) is 11.3 Å². The molecule has 5 heteroatoms. The summed E-state index contributed by atoms with van der Waals surface area (Å²) < 4.78 is 1.91. The zero-order valence-corrected chi connectivity index (χ0v) is 14.1. The number of hydrogen-bond donors (Lipinski definition) is 0. The van der Waals surface area contributed by atoms with Gasteiger partial charge in [0.15, 0.2) is 0 Å². The summed E-state index contributed by atoms with van der Waals surface area (Å²) >= 11 is 0. The van der Waals surface area contributed by atoms with Crippen LogP contribution >= 0.6 is 0 Å². The second-order valence-electron chi connectivity index (χ2n) is 7.45. The Bertz CT molecular complexity index is 757. The van der Waals surface area contributed by atoms with E-state index in [0.717, 1.165) is 37.5 Å². The van der Waals surface area contributed by atoms with Crippen LogP contribution in [-0.2, 0) is 0 Å². The fourth-order valence-corrected chi connectivity index (χ4v) is 4.10. The predicted octanol–water partition coefficient (Wildman–Crippen LogP) is 2.20. The summed E-state index contributed by atoms with van der Waals surface area (Å²) in [5, 5.41) is 0. The number of amides is 1. The molecule has 0 radical (unpaired) electrons. The van der Waals surface area contributed by atoms with Crippen molar-refractivity contribution >= 4 is 11.6 Å². The van der Waals surface area contributed by atoms with Gasteiger partial charge in [-0.2, -0.15) is 0 Å². The van der Waals surface area contributed by atoms with Gasteiger partial charge in [-0.3, -0.25) is 9.20 Å². The van der Waals surface area contributed by atoms with Crippen molar-refractivity contribution in [1.29, 1.82) is 0 Å². The number of fused-ring (bicyclic) bond motifs is 1. The summed E-state index contributed by atoms with van der Waals surface area (Å²) in [7, 11) is 0. The van der Waals surface area contributed by atoms with Gasteiger partial charge >= 0.3 is 0 Å². The third kappa shape index (κ3) is 2.26. The van der Waals surface area contributed by atoms with Crippen LogP contribution in [0.3, 0.4) is 0 Å². The van der Waals surface area contributed by atoms with Gasteiger partial charge in [0.25, 0.3) is 5.91 Å².